The van der Waals surface area contributed by atoms with E-state index in [4.69, 9.17) is 16.4 Å². The highest BCUT2D eigenvalue weighted by atomic mass is 35.5. The zero-order valence-electron chi connectivity index (χ0n) is 27.3. The Labute approximate surface area is 285 Å². The number of aliphatic hydroxyl groups is 1. The summed E-state index contributed by atoms with van der Waals surface area (Å²) in [6.07, 6.45) is 2.65. The maximum absolute atomic E-state index is 14.4. The summed E-state index contributed by atoms with van der Waals surface area (Å²) in [6.45, 7) is 7.55. The average Bonchev–Trinajstić information content (AvgIpc) is 3.31. The first kappa shape index (κ1) is 36.3. The maximum Gasteiger partial charge on any atom is 0.255 e. The summed E-state index contributed by atoms with van der Waals surface area (Å²) in [7, 11) is -4.12. The second-order valence-corrected chi connectivity index (χ2v) is 15.8. The van der Waals surface area contributed by atoms with E-state index in [0.29, 0.717) is 57.5 Å². The van der Waals surface area contributed by atoms with E-state index >= 15 is 0 Å². The third kappa shape index (κ3) is 7.75. The van der Waals surface area contributed by atoms with Gasteiger partial charge in [-0.3, -0.25) is 9.63 Å². The molecule has 0 spiro atoms. The topological polar surface area (TPSA) is 95.9 Å². The largest absolute Gasteiger partial charge is 0.390 e. The van der Waals surface area contributed by atoms with Gasteiger partial charge >= 0.3 is 0 Å². The standard InChI is InChI=1S/C36H42ClF3N2O5S/c1-4-36(44,28-14-15-42(47-21-23(28)3)20-24-8-6-5-7-9-24)19-26-11-10-22(2)34(26)48(45,46)32-16-25(12-13-29(32)37)35(43)41-27-17-30(38)33(40)31(39)18-27/h5-9,12-13,16-18,22-23,26,28,34,44H,4,10-11,14-15,19-21H2,1-3H3,(H,41,43)/t22?,23?,26-,28?,34?,36-/m0/s1. The van der Waals surface area contributed by atoms with Crippen molar-refractivity contribution in [3.05, 3.63) is 94.3 Å². The van der Waals surface area contributed by atoms with E-state index in [2.05, 4.69) is 12.2 Å². The number of amides is 1. The average molecular weight is 707 g/mol. The Morgan fingerprint density at radius 1 is 1.02 bits per heavy atom. The number of hydroxylamine groups is 2. The third-order valence-electron chi connectivity index (χ3n) is 10.1. The van der Waals surface area contributed by atoms with Crippen molar-refractivity contribution in [1.82, 2.24) is 5.06 Å². The molecule has 7 nitrogen and oxygen atoms in total. The molecule has 2 N–H and O–H groups in total. The van der Waals surface area contributed by atoms with Gasteiger partial charge in [-0.2, -0.15) is 5.06 Å². The minimum atomic E-state index is -4.12. The van der Waals surface area contributed by atoms with Crippen molar-refractivity contribution in [2.45, 2.75) is 75.2 Å². The lowest BCUT2D eigenvalue weighted by atomic mass is 9.71. The molecular formula is C36H42ClF3N2O5S. The van der Waals surface area contributed by atoms with Gasteiger partial charge in [-0.05, 0) is 79.5 Å². The van der Waals surface area contributed by atoms with Crippen LogP contribution in [0.5, 0.6) is 0 Å². The van der Waals surface area contributed by atoms with Crippen molar-refractivity contribution >= 4 is 33.0 Å². The smallest absolute Gasteiger partial charge is 0.255 e. The van der Waals surface area contributed by atoms with E-state index in [9.17, 15) is 31.5 Å². The van der Waals surface area contributed by atoms with E-state index in [1.54, 1.807) is 0 Å². The predicted molar refractivity (Wildman–Crippen MR) is 179 cm³/mol. The van der Waals surface area contributed by atoms with Crippen LogP contribution in [-0.4, -0.2) is 48.5 Å². The number of benzene rings is 3. The number of hydrogen-bond donors (Lipinski definition) is 2. The Balaban J connectivity index is 1.35. The second-order valence-electron chi connectivity index (χ2n) is 13.4. The molecule has 2 aliphatic rings. The lowest BCUT2D eigenvalue weighted by Crippen LogP contribution is -2.45. The number of nitrogens with zero attached hydrogens (tertiary/aromatic N) is 1. The molecule has 1 amide bonds. The summed E-state index contributed by atoms with van der Waals surface area (Å²) in [5.41, 5.74) is -0.455. The molecule has 48 heavy (non-hydrogen) atoms. The number of carbonyl (C=O) groups excluding carboxylic acids is 1. The van der Waals surface area contributed by atoms with Crippen LogP contribution >= 0.6 is 11.6 Å². The zero-order valence-corrected chi connectivity index (χ0v) is 28.8. The van der Waals surface area contributed by atoms with Crippen LogP contribution in [0.1, 0.15) is 68.8 Å². The van der Waals surface area contributed by atoms with Crippen LogP contribution in [0, 0.1) is 41.1 Å². The lowest BCUT2D eigenvalue weighted by Gasteiger charge is -2.41. The maximum atomic E-state index is 14.4. The number of carbonyl (C=O) groups is 1. The number of hydrogen-bond acceptors (Lipinski definition) is 6. The molecule has 1 heterocycles. The lowest BCUT2D eigenvalue weighted by molar-refractivity contribution is -0.166. The van der Waals surface area contributed by atoms with Crippen molar-refractivity contribution in [2.24, 2.45) is 23.7 Å². The van der Waals surface area contributed by atoms with Crippen molar-refractivity contribution in [2.75, 3.05) is 18.5 Å². The van der Waals surface area contributed by atoms with E-state index in [1.807, 2.05) is 49.2 Å². The zero-order chi connectivity index (χ0) is 34.8. The molecule has 3 aromatic carbocycles. The van der Waals surface area contributed by atoms with Crippen LogP contribution in [0.4, 0.5) is 18.9 Å². The first-order valence-electron chi connectivity index (χ1n) is 16.4. The highest BCUT2D eigenvalue weighted by Crippen LogP contribution is 2.47. The minimum absolute atomic E-state index is 0.0253. The first-order valence-corrected chi connectivity index (χ1v) is 18.3. The Morgan fingerprint density at radius 3 is 2.38 bits per heavy atom. The normalized spacial score (nSPS) is 25.0. The van der Waals surface area contributed by atoms with E-state index < -0.39 is 44.0 Å². The van der Waals surface area contributed by atoms with Crippen LogP contribution in [0.2, 0.25) is 5.02 Å². The third-order valence-corrected chi connectivity index (χ3v) is 13.1. The number of rotatable bonds is 10. The van der Waals surface area contributed by atoms with Crippen LogP contribution < -0.4 is 5.32 Å². The van der Waals surface area contributed by atoms with Crippen LogP contribution in [0.25, 0.3) is 0 Å². The molecular weight excluding hydrogens is 665 g/mol. The summed E-state index contributed by atoms with van der Waals surface area (Å²) in [5, 5.41) is 15.5. The fraction of sp³-hybridized carbons (Fsp3) is 0.472. The van der Waals surface area contributed by atoms with Crippen LogP contribution in [-0.2, 0) is 21.2 Å². The highest BCUT2D eigenvalue weighted by Gasteiger charge is 2.49. The van der Waals surface area contributed by atoms with Gasteiger partial charge in [-0.15, -0.1) is 0 Å². The van der Waals surface area contributed by atoms with E-state index in [0.717, 1.165) is 11.6 Å². The first-order chi connectivity index (χ1) is 22.7. The van der Waals surface area contributed by atoms with Gasteiger partial charge in [0.2, 0.25) is 0 Å². The summed E-state index contributed by atoms with van der Waals surface area (Å²) in [4.78, 5) is 18.9. The number of halogens is 4. The monoisotopic (exact) mass is 706 g/mol. The molecule has 0 radical (unpaired) electrons. The molecule has 12 heteroatoms. The molecule has 4 unspecified atom stereocenters. The van der Waals surface area contributed by atoms with Gasteiger partial charge in [0.05, 0.1) is 27.4 Å². The molecule has 6 atom stereocenters. The Kier molecular flexibility index (Phi) is 11.3. The van der Waals surface area contributed by atoms with E-state index in [-0.39, 0.29) is 51.3 Å². The van der Waals surface area contributed by atoms with Crippen LogP contribution in [0.3, 0.4) is 0 Å². The van der Waals surface area contributed by atoms with Crippen molar-refractivity contribution < 1.29 is 36.3 Å². The molecule has 5 rings (SSSR count). The SMILES string of the molecule is CC[C@](O)(C[C@@H]1CCC(C)C1S(=O)(=O)c1cc(C(=O)Nc2cc(F)c(F)c(F)c2)ccc1Cl)C1CCN(Cc2ccccc2)OCC1C. The quantitative estimate of drug-likeness (QED) is 0.209. The molecule has 2 fully saturated rings. The fourth-order valence-electron chi connectivity index (χ4n) is 7.58. The van der Waals surface area contributed by atoms with Gasteiger partial charge in [0.1, 0.15) is 0 Å². The summed E-state index contributed by atoms with van der Waals surface area (Å²) >= 11 is 6.45. The molecule has 3 aromatic rings. The Morgan fingerprint density at radius 2 is 1.71 bits per heavy atom. The molecule has 1 saturated carbocycles. The predicted octanol–water partition coefficient (Wildman–Crippen LogP) is 7.82. The van der Waals surface area contributed by atoms with Gasteiger partial charge in [-0.1, -0.05) is 62.7 Å². The van der Waals surface area contributed by atoms with Crippen LogP contribution in [0.15, 0.2) is 65.6 Å². The minimum Gasteiger partial charge on any atom is -0.390 e. The number of nitrogens with one attached hydrogen (secondary N) is 1. The summed E-state index contributed by atoms with van der Waals surface area (Å²) in [5.74, 6) is -6.19. The summed E-state index contributed by atoms with van der Waals surface area (Å²) in [6, 6.07) is 15.0. The molecule has 1 saturated heterocycles. The van der Waals surface area contributed by atoms with Gasteiger partial charge in [0, 0.05) is 36.5 Å². The van der Waals surface area contributed by atoms with Gasteiger partial charge in [0.15, 0.2) is 27.3 Å². The molecule has 0 bridgehead atoms. The van der Waals surface area contributed by atoms with Crippen molar-refractivity contribution in [3.63, 3.8) is 0 Å². The van der Waals surface area contributed by atoms with Crippen molar-refractivity contribution in [1.29, 1.82) is 0 Å². The fourth-order valence-corrected chi connectivity index (χ4v) is 10.4. The van der Waals surface area contributed by atoms with Gasteiger partial charge < -0.3 is 10.4 Å². The Hall–Kier alpha value is -2.96. The molecule has 1 aliphatic carbocycles. The van der Waals surface area contributed by atoms with Gasteiger partial charge in [0.25, 0.3) is 5.91 Å². The molecule has 0 aromatic heterocycles. The van der Waals surface area contributed by atoms with Gasteiger partial charge in [-0.25, -0.2) is 21.6 Å². The summed E-state index contributed by atoms with van der Waals surface area (Å²) < 4.78 is 69.6. The molecule has 1 aliphatic heterocycles. The van der Waals surface area contributed by atoms with Crippen molar-refractivity contribution in [3.8, 4) is 0 Å². The number of anilines is 1. The number of sulfone groups is 1. The highest BCUT2D eigenvalue weighted by molar-refractivity contribution is 7.92. The van der Waals surface area contributed by atoms with E-state index in [1.165, 1.54) is 12.1 Å². The molecule has 260 valence electrons. The Bertz CT molecular complexity index is 1710. The second kappa shape index (κ2) is 14.9.